The number of nitrogens with one attached hydrogen (secondary N) is 1. The number of benzene rings is 2. The van der Waals surface area contributed by atoms with Crippen LogP contribution in [0.4, 0.5) is 4.39 Å². The van der Waals surface area contributed by atoms with Crippen LogP contribution in [0.5, 0.6) is 0 Å². The first-order chi connectivity index (χ1) is 12.1. The number of carbonyl (C=O) groups is 2. The van der Waals surface area contributed by atoms with E-state index in [1.54, 1.807) is 18.2 Å². The number of hydrogen-bond donors (Lipinski definition) is 1. The van der Waals surface area contributed by atoms with Crippen molar-refractivity contribution in [1.29, 1.82) is 0 Å². The average Bonchev–Trinajstić information content (AvgIpc) is 3.04. The topological polar surface area (TPSA) is 53.2 Å². The van der Waals surface area contributed by atoms with Gasteiger partial charge in [-0.25, -0.2) is 4.39 Å². The molecule has 0 atom stereocenters. The molecule has 0 aliphatic carbocycles. The molecule has 1 aromatic heterocycles. The summed E-state index contributed by atoms with van der Waals surface area (Å²) in [5.74, 6) is -0.638. The predicted molar refractivity (Wildman–Crippen MR) is 94.6 cm³/mol. The van der Waals surface area contributed by atoms with Crippen molar-refractivity contribution in [1.82, 2.24) is 9.88 Å². The Morgan fingerprint density at radius 3 is 2.68 bits per heavy atom. The van der Waals surface area contributed by atoms with E-state index in [0.29, 0.717) is 23.4 Å². The minimum Gasteiger partial charge on any atom is -0.360 e. The van der Waals surface area contributed by atoms with Crippen LogP contribution in [0.15, 0.2) is 48.7 Å². The Morgan fingerprint density at radius 1 is 1.20 bits per heavy atom. The molecular weight excluding hydrogens is 343 g/mol. The van der Waals surface area contributed by atoms with Gasteiger partial charge in [0.05, 0.1) is 17.1 Å². The molecule has 128 valence electrons. The molecule has 0 bridgehead atoms. The summed E-state index contributed by atoms with van der Waals surface area (Å²) >= 11 is 6.13. The van der Waals surface area contributed by atoms with E-state index in [-0.39, 0.29) is 24.7 Å². The van der Waals surface area contributed by atoms with E-state index in [1.807, 2.05) is 18.3 Å². The van der Waals surface area contributed by atoms with Gasteiger partial charge in [-0.2, -0.15) is 0 Å². The molecule has 0 saturated carbocycles. The summed E-state index contributed by atoms with van der Waals surface area (Å²) in [5, 5.41) is 1.59. The lowest BCUT2D eigenvalue weighted by Crippen LogP contribution is -2.29. The minimum atomic E-state index is -0.356. The maximum absolute atomic E-state index is 12.9. The Labute approximate surface area is 149 Å². The number of hydrogen-bond acceptors (Lipinski definition) is 2. The third kappa shape index (κ3) is 3.88. The largest absolute Gasteiger partial charge is 0.360 e. The van der Waals surface area contributed by atoms with Crippen LogP contribution in [0.25, 0.3) is 10.9 Å². The number of rotatable bonds is 6. The molecule has 2 amide bonds. The maximum Gasteiger partial charge on any atom is 0.229 e. The van der Waals surface area contributed by atoms with Crippen molar-refractivity contribution in [3.8, 4) is 0 Å². The highest BCUT2D eigenvalue weighted by Crippen LogP contribution is 2.26. The maximum atomic E-state index is 12.9. The molecule has 1 N–H and O–H groups in total. The zero-order chi connectivity index (χ0) is 17.8. The molecular formula is C19H16ClFN2O2. The highest BCUT2D eigenvalue weighted by Gasteiger charge is 2.15. The Morgan fingerprint density at radius 2 is 1.96 bits per heavy atom. The van der Waals surface area contributed by atoms with Gasteiger partial charge in [-0.15, -0.1) is 0 Å². The number of fused-ring (bicyclic) bond motifs is 1. The number of aromatic amines is 1. The van der Waals surface area contributed by atoms with Crippen LogP contribution in [0, 0.1) is 5.82 Å². The van der Waals surface area contributed by atoms with Crippen molar-refractivity contribution in [3.63, 3.8) is 0 Å². The fourth-order valence-corrected chi connectivity index (χ4v) is 2.97. The number of amides is 2. The standard InChI is InChI=1S/C19H16ClFN2O2/c20-17-3-1-2-16-14(10-22-19(16)17)6-9-18(25)23(12-24)11-13-4-7-15(21)8-5-13/h1-5,7-8,10,12,22H,6,9,11H2. The third-order valence-corrected chi connectivity index (χ3v) is 4.39. The smallest absolute Gasteiger partial charge is 0.229 e. The molecule has 0 aliphatic rings. The van der Waals surface area contributed by atoms with E-state index < -0.39 is 0 Å². The van der Waals surface area contributed by atoms with Crippen LogP contribution in [-0.2, 0) is 22.6 Å². The van der Waals surface area contributed by atoms with Crippen molar-refractivity contribution in [2.24, 2.45) is 0 Å². The van der Waals surface area contributed by atoms with Crippen LogP contribution in [0.3, 0.4) is 0 Å². The predicted octanol–water partition coefficient (Wildman–Crippen LogP) is 4.08. The third-order valence-electron chi connectivity index (χ3n) is 4.07. The molecule has 2 aromatic carbocycles. The fourth-order valence-electron chi connectivity index (χ4n) is 2.74. The summed E-state index contributed by atoms with van der Waals surface area (Å²) in [6, 6.07) is 11.3. The monoisotopic (exact) mass is 358 g/mol. The lowest BCUT2D eigenvalue weighted by molar-refractivity contribution is -0.138. The van der Waals surface area contributed by atoms with Gasteiger partial charge in [-0.3, -0.25) is 14.5 Å². The highest BCUT2D eigenvalue weighted by atomic mass is 35.5. The highest BCUT2D eigenvalue weighted by molar-refractivity contribution is 6.35. The summed E-state index contributed by atoms with van der Waals surface area (Å²) in [4.78, 5) is 27.8. The van der Waals surface area contributed by atoms with Gasteiger partial charge in [0.25, 0.3) is 0 Å². The van der Waals surface area contributed by atoms with Gasteiger partial charge < -0.3 is 4.98 Å². The van der Waals surface area contributed by atoms with Crippen LogP contribution < -0.4 is 0 Å². The van der Waals surface area contributed by atoms with E-state index in [2.05, 4.69) is 4.98 Å². The quantitative estimate of drug-likeness (QED) is 0.675. The van der Waals surface area contributed by atoms with Crippen molar-refractivity contribution >= 4 is 34.8 Å². The first-order valence-corrected chi connectivity index (χ1v) is 8.20. The second-order valence-corrected chi connectivity index (χ2v) is 6.14. The van der Waals surface area contributed by atoms with E-state index in [4.69, 9.17) is 11.6 Å². The summed E-state index contributed by atoms with van der Waals surface area (Å²) in [6.07, 6.45) is 3.03. The van der Waals surface area contributed by atoms with Crippen molar-refractivity contribution in [2.75, 3.05) is 0 Å². The molecule has 0 saturated heterocycles. The molecule has 3 rings (SSSR count). The Hall–Kier alpha value is -2.66. The molecule has 0 spiro atoms. The number of imide groups is 1. The number of carbonyl (C=O) groups excluding carboxylic acids is 2. The van der Waals surface area contributed by atoms with Gasteiger partial charge in [0.2, 0.25) is 12.3 Å². The summed E-state index contributed by atoms with van der Waals surface area (Å²) in [6.45, 7) is 0.127. The molecule has 0 fully saturated rings. The fraction of sp³-hybridized carbons (Fsp3) is 0.158. The second kappa shape index (κ2) is 7.49. The number of aromatic nitrogens is 1. The van der Waals surface area contributed by atoms with Gasteiger partial charge in [-0.05, 0) is 35.7 Å². The lowest BCUT2D eigenvalue weighted by Gasteiger charge is -2.15. The number of H-pyrrole nitrogens is 1. The van der Waals surface area contributed by atoms with Gasteiger partial charge in [0.15, 0.2) is 0 Å². The number of nitrogens with zero attached hydrogens (tertiary/aromatic N) is 1. The van der Waals surface area contributed by atoms with Gasteiger partial charge in [0.1, 0.15) is 5.82 Å². The average molecular weight is 359 g/mol. The molecule has 0 unspecified atom stereocenters. The van der Waals surface area contributed by atoms with Crippen molar-refractivity contribution < 1.29 is 14.0 Å². The molecule has 1 heterocycles. The molecule has 0 radical (unpaired) electrons. The second-order valence-electron chi connectivity index (χ2n) is 5.73. The summed E-state index contributed by atoms with van der Waals surface area (Å²) in [7, 11) is 0. The zero-order valence-electron chi connectivity index (χ0n) is 13.3. The van der Waals surface area contributed by atoms with Crippen LogP contribution in [0.1, 0.15) is 17.5 Å². The van der Waals surface area contributed by atoms with Crippen LogP contribution in [0.2, 0.25) is 5.02 Å². The molecule has 3 aromatic rings. The minimum absolute atomic E-state index is 0.127. The van der Waals surface area contributed by atoms with Gasteiger partial charge >= 0.3 is 0 Å². The first-order valence-electron chi connectivity index (χ1n) is 7.82. The van der Waals surface area contributed by atoms with E-state index >= 15 is 0 Å². The molecule has 6 heteroatoms. The van der Waals surface area contributed by atoms with E-state index in [9.17, 15) is 14.0 Å². The molecule has 25 heavy (non-hydrogen) atoms. The van der Waals surface area contributed by atoms with Crippen molar-refractivity contribution in [3.05, 3.63) is 70.6 Å². The number of halogens is 2. The van der Waals surface area contributed by atoms with Crippen molar-refractivity contribution in [2.45, 2.75) is 19.4 Å². The lowest BCUT2D eigenvalue weighted by atomic mass is 10.1. The SMILES string of the molecule is O=CN(Cc1ccc(F)cc1)C(=O)CCc1c[nH]c2c(Cl)cccc12. The van der Waals surface area contributed by atoms with Crippen LogP contribution in [-0.4, -0.2) is 22.2 Å². The van der Waals surface area contributed by atoms with Gasteiger partial charge in [-0.1, -0.05) is 35.9 Å². The Bertz CT molecular complexity index is 905. The number of para-hydroxylation sites is 1. The molecule has 0 aliphatic heterocycles. The van der Waals surface area contributed by atoms with E-state index in [1.165, 1.54) is 12.1 Å². The summed E-state index contributed by atoms with van der Waals surface area (Å²) in [5.41, 5.74) is 2.50. The van der Waals surface area contributed by atoms with E-state index in [0.717, 1.165) is 21.4 Å². The first kappa shape index (κ1) is 17.2. The normalized spacial score (nSPS) is 10.8. The summed E-state index contributed by atoms with van der Waals surface area (Å²) < 4.78 is 12.9. The van der Waals surface area contributed by atoms with Crippen LogP contribution >= 0.6 is 11.6 Å². The van der Waals surface area contributed by atoms with Gasteiger partial charge in [0, 0.05) is 18.0 Å². The Kier molecular flexibility index (Phi) is 5.14. The molecule has 4 nitrogen and oxygen atoms in total. The Balaban J connectivity index is 1.66. The number of aryl methyl sites for hydroxylation is 1. The zero-order valence-corrected chi connectivity index (χ0v) is 14.1.